The summed E-state index contributed by atoms with van der Waals surface area (Å²) in [6, 6.07) is 0. The van der Waals surface area contributed by atoms with E-state index in [-0.39, 0.29) is 17.5 Å². The number of ether oxygens (including phenoxy) is 1. The van der Waals surface area contributed by atoms with E-state index in [2.05, 4.69) is 20.8 Å². The Balaban J connectivity index is 3.74. The van der Waals surface area contributed by atoms with E-state index in [1.54, 1.807) is 0 Å². The predicted octanol–water partition coefficient (Wildman–Crippen LogP) is 1.70. The number of carbonyl (C=O) groups excluding carboxylic acids is 1. The van der Waals surface area contributed by atoms with Crippen LogP contribution >= 0.6 is 0 Å². The zero-order valence-corrected chi connectivity index (χ0v) is 9.09. The maximum atomic E-state index is 11.0. The van der Waals surface area contributed by atoms with Crippen molar-refractivity contribution in [2.75, 3.05) is 6.54 Å². The zero-order chi connectivity index (χ0) is 10.5. The molecular formula is C10H21NO2. The van der Waals surface area contributed by atoms with E-state index in [0.29, 0.717) is 13.0 Å². The summed E-state index contributed by atoms with van der Waals surface area (Å²) in [7, 11) is 0. The minimum Gasteiger partial charge on any atom is -0.463 e. The second kappa shape index (κ2) is 5.22. The van der Waals surface area contributed by atoms with Gasteiger partial charge in [0, 0.05) is 6.54 Å². The van der Waals surface area contributed by atoms with E-state index in [0.717, 1.165) is 6.42 Å². The molecule has 0 aliphatic carbocycles. The van der Waals surface area contributed by atoms with Gasteiger partial charge in [-0.1, -0.05) is 20.8 Å². The topological polar surface area (TPSA) is 52.3 Å². The van der Waals surface area contributed by atoms with Crippen LogP contribution in [0.15, 0.2) is 0 Å². The van der Waals surface area contributed by atoms with Gasteiger partial charge >= 0.3 is 5.97 Å². The molecule has 0 bridgehead atoms. The van der Waals surface area contributed by atoms with Crippen LogP contribution in [0.4, 0.5) is 0 Å². The van der Waals surface area contributed by atoms with Crippen molar-refractivity contribution in [2.24, 2.45) is 11.1 Å². The van der Waals surface area contributed by atoms with E-state index in [1.165, 1.54) is 0 Å². The lowest BCUT2D eigenvalue weighted by Gasteiger charge is -2.23. The summed E-state index contributed by atoms with van der Waals surface area (Å²) < 4.78 is 5.15. The molecule has 3 heteroatoms. The number of nitrogens with two attached hydrogens (primary N) is 1. The third-order valence-electron chi connectivity index (χ3n) is 1.58. The maximum absolute atomic E-state index is 11.0. The molecule has 0 saturated carbocycles. The molecule has 0 aliphatic rings. The minimum absolute atomic E-state index is 0.0148. The molecule has 1 atom stereocenters. The molecule has 1 unspecified atom stereocenters. The molecule has 0 radical (unpaired) electrons. The average molecular weight is 187 g/mol. The van der Waals surface area contributed by atoms with Gasteiger partial charge in [-0.2, -0.15) is 0 Å². The van der Waals surface area contributed by atoms with Crippen molar-refractivity contribution in [3.05, 3.63) is 0 Å². The summed E-state index contributed by atoms with van der Waals surface area (Å²) in [6.45, 7) is 8.65. The second-order valence-corrected chi connectivity index (χ2v) is 4.60. The molecule has 0 aliphatic heterocycles. The van der Waals surface area contributed by atoms with Gasteiger partial charge < -0.3 is 10.5 Å². The molecular weight excluding hydrogens is 166 g/mol. The van der Waals surface area contributed by atoms with Crippen molar-refractivity contribution in [1.29, 1.82) is 0 Å². The van der Waals surface area contributed by atoms with Crippen LogP contribution < -0.4 is 5.73 Å². The van der Waals surface area contributed by atoms with E-state index < -0.39 is 0 Å². The SMILES string of the molecule is CC(CC(C)(C)C)OC(=O)CCN. The van der Waals surface area contributed by atoms with Crippen molar-refractivity contribution in [2.45, 2.75) is 46.6 Å². The second-order valence-electron chi connectivity index (χ2n) is 4.60. The lowest BCUT2D eigenvalue weighted by atomic mass is 9.90. The standard InChI is InChI=1S/C10H21NO2/c1-8(7-10(2,3)4)13-9(12)5-6-11/h8H,5-7,11H2,1-4H3. The fourth-order valence-electron chi connectivity index (χ4n) is 1.31. The summed E-state index contributed by atoms with van der Waals surface area (Å²) in [4.78, 5) is 11.0. The summed E-state index contributed by atoms with van der Waals surface area (Å²) in [5.74, 6) is -0.195. The fraction of sp³-hybridized carbons (Fsp3) is 0.900. The van der Waals surface area contributed by atoms with E-state index >= 15 is 0 Å². The van der Waals surface area contributed by atoms with Crippen LogP contribution in [-0.4, -0.2) is 18.6 Å². The lowest BCUT2D eigenvalue weighted by molar-refractivity contribution is -0.149. The predicted molar refractivity (Wildman–Crippen MR) is 53.3 cm³/mol. The van der Waals surface area contributed by atoms with Crippen LogP contribution in [0.2, 0.25) is 0 Å². The quantitative estimate of drug-likeness (QED) is 0.681. The smallest absolute Gasteiger partial charge is 0.307 e. The first-order valence-electron chi connectivity index (χ1n) is 4.74. The number of hydrogen-bond acceptors (Lipinski definition) is 3. The number of hydrogen-bond donors (Lipinski definition) is 1. The Morgan fingerprint density at radius 2 is 2.00 bits per heavy atom. The van der Waals surface area contributed by atoms with Crippen LogP contribution in [0.25, 0.3) is 0 Å². The largest absolute Gasteiger partial charge is 0.463 e. The molecule has 78 valence electrons. The van der Waals surface area contributed by atoms with Gasteiger partial charge in [-0.15, -0.1) is 0 Å². The molecule has 0 amide bonds. The third-order valence-corrected chi connectivity index (χ3v) is 1.58. The Hall–Kier alpha value is -0.570. The third kappa shape index (κ3) is 7.78. The molecule has 0 saturated heterocycles. The molecule has 0 aromatic carbocycles. The first-order chi connectivity index (χ1) is 5.85. The number of carbonyl (C=O) groups is 1. The van der Waals surface area contributed by atoms with Gasteiger partial charge in [0.05, 0.1) is 12.5 Å². The van der Waals surface area contributed by atoms with Crippen LogP contribution in [0, 0.1) is 5.41 Å². The highest BCUT2D eigenvalue weighted by Crippen LogP contribution is 2.22. The minimum atomic E-state index is -0.195. The molecule has 0 aromatic heterocycles. The Kier molecular flexibility index (Phi) is 4.99. The van der Waals surface area contributed by atoms with Crippen LogP contribution in [0.3, 0.4) is 0 Å². The normalized spacial score (nSPS) is 13.9. The Morgan fingerprint density at radius 3 is 2.38 bits per heavy atom. The van der Waals surface area contributed by atoms with Crippen LogP contribution in [-0.2, 0) is 9.53 Å². The molecule has 13 heavy (non-hydrogen) atoms. The first-order valence-corrected chi connectivity index (χ1v) is 4.74. The van der Waals surface area contributed by atoms with Crippen molar-refractivity contribution in [1.82, 2.24) is 0 Å². The summed E-state index contributed by atoms with van der Waals surface area (Å²) in [5.41, 5.74) is 5.43. The van der Waals surface area contributed by atoms with E-state index in [4.69, 9.17) is 10.5 Å². The monoisotopic (exact) mass is 187 g/mol. The Bertz CT molecular complexity index is 161. The number of rotatable bonds is 4. The molecule has 0 fully saturated rings. The highest BCUT2D eigenvalue weighted by Gasteiger charge is 2.17. The maximum Gasteiger partial charge on any atom is 0.307 e. The summed E-state index contributed by atoms with van der Waals surface area (Å²) >= 11 is 0. The van der Waals surface area contributed by atoms with Crippen LogP contribution in [0.1, 0.15) is 40.5 Å². The van der Waals surface area contributed by atoms with Gasteiger partial charge in [-0.3, -0.25) is 4.79 Å². The molecule has 0 aromatic rings. The first kappa shape index (κ1) is 12.4. The van der Waals surface area contributed by atoms with E-state index in [9.17, 15) is 4.79 Å². The van der Waals surface area contributed by atoms with Crippen molar-refractivity contribution >= 4 is 5.97 Å². The molecule has 3 nitrogen and oxygen atoms in total. The Labute approximate surface area is 80.6 Å². The molecule has 0 spiro atoms. The average Bonchev–Trinajstić information content (AvgIpc) is 1.81. The van der Waals surface area contributed by atoms with Crippen molar-refractivity contribution < 1.29 is 9.53 Å². The van der Waals surface area contributed by atoms with Crippen molar-refractivity contribution in [3.63, 3.8) is 0 Å². The molecule has 0 rings (SSSR count). The van der Waals surface area contributed by atoms with Gasteiger partial charge in [0.25, 0.3) is 0 Å². The van der Waals surface area contributed by atoms with Gasteiger partial charge in [0.1, 0.15) is 0 Å². The van der Waals surface area contributed by atoms with Gasteiger partial charge in [0.15, 0.2) is 0 Å². The van der Waals surface area contributed by atoms with E-state index in [1.807, 2.05) is 6.92 Å². The highest BCUT2D eigenvalue weighted by atomic mass is 16.5. The zero-order valence-electron chi connectivity index (χ0n) is 9.09. The van der Waals surface area contributed by atoms with Crippen molar-refractivity contribution in [3.8, 4) is 0 Å². The van der Waals surface area contributed by atoms with Gasteiger partial charge in [-0.05, 0) is 18.8 Å². The fourth-order valence-corrected chi connectivity index (χ4v) is 1.31. The number of esters is 1. The summed E-state index contributed by atoms with van der Waals surface area (Å²) in [6.07, 6.45) is 1.18. The van der Waals surface area contributed by atoms with Gasteiger partial charge in [0.2, 0.25) is 0 Å². The lowest BCUT2D eigenvalue weighted by Crippen LogP contribution is -2.22. The summed E-state index contributed by atoms with van der Waals surface area (Å²) in [5, 5.41) is 0. The van der Waals surface area contributed by atoms with Crippen LogP contribution in [0.5, 0.6) is 0 Å². The Morgan fingerprint density at radius 1 is 1.46 bits per heavy atom. The molecule has 0 heterocycles. The van der Waals surface area contributed by atoms with Gasteiger partial charge in [-0.25, -0.2) is 0 Å². The molecule has 2 N–H and O–H groups in total. The highest BCUT2D eigenvalue weighted by molar-refractivity contribution is 5.69.